The first-order chi connectivity index (χ1) is 10.1. The van der Waals surface area contributed by atoms with Gasteiger partial charge in [0.2, 0.25) is 0 Å². The van der Waals surface area contributed by atoms with E-state index in [1.54, 1.807) is 31.9 Å². The first kappa shape index (κ1) is 15.9. The molecule has 0 aliphatic carbocycles. The fraction of sp³-hybridized carbons (Fsp3) is 0.294. The minimum atomic E-state index is -0.170. The first-order valence-corrected chi connectivity index (χ1v) is 7.66. The highest BCUT2D eigenvalue weighted by Crippen LogP contribution is 2.39. The number of para-hydroxylation sites is 1. The summed E-state index contributed by atoms with van der Waals surface area (Å²) in [5, 5.41) is 3.17. The molecule has 1 N–H and O–H groups in total. The summed E-state index contributed by atoms with van der Waals surface area (Å²) in [6.45, 7) is 3.81. The van der Waals surface area contributed by atoms with Gasteiger partial charge in [0, 0.05) is 10.9 Å². The minimum Gasteiger partial charge on any atom is -0.496 e. The van der Waals surface area contributed by atoms with Crippen LogP contribution in [0.1, 0.15) is 24.1 Å². The van der Waals surface area contributed by atoms with Gasteiger partial charge in [-0.1, -0.05) is 23.9 Å². The zero-order valence-corrected chi connectivity index (χ0v) is 13.6. The van der Waals surface area contributed by atoms with Crippen LogP contribution in [0.2, 0.25) is 0 Å². The SMILES string of the molecule is CNC(C)c1cc(F)c(C)cc1Sc1ccccc1OC. The third-order valence-electron chi connectivity index (χ3n) is 3.48. The van der Waals surface area contributed by atoms with E-state index in [1.807, 2.05) is 44.3 Å². The van der Waals surface area contributed by atoms with Crippen molar-refractivity contribution in [2.45, 2.75) is 29.7 Å². The molecule has 4 heteroatoms. The normalized spacial score (nSPS) is 12.2. The van der Waals surface area contributed by atoms with Crippen LogP contribution < -0.4 is 10.1 Å². The Morgan fingerprint density at radius 3 is 2.57 bits per heavy atom. The van der Waals surface area contributed by atoms with Crippen LogP contribution >= 0.6 is 11.8 Å². The molecule has 0 fully saturated rings. The molecule has 21 heavy (non-hydrogen) atoms. The molecular weight excluding hydrogens is 285 g/mol. The van der Waals surface area contributed by atoms with Gasteiger partial charge >= 0.3 is 0 Å². The van der Waals surface area contributed by atoms with E-state index in [-0.39, 0.29) is 11.9 Å². The summed E-state index contributed by atoms with van der Waals surface area (Å²) in [6.07, 6.45) is 0. The quantitative estimate of drug-likeness (QED) is 0.874. The van der Waals surface area contributed by atoms with Crippen LogP contribution in [0, 0.1) is 12.7 Å². The molecule has 0 amide bonds. The summed E-state index contributed by atoms with van der Waals surface area (Å²) in [5.74, 6) is 0.656. The fourth-order valence-corrected chi connectivity index (χ4v) is 3.30. The number of methoxy groups -OCH3 is 1. The van der Waals surface area contributed by atoms with E-state index in [0.29, 0.717) is 5.56 Å². The number of aryl methyl sites for hydroxylation is 1. The van der Waals surface area contributed by atoms with Crippen molar-refractivity contribution >= 4 is 11.8 Å². The highest BCUT2D eigenvalue weighted by Gasteiger charge is 2.15. The number of hydrogen-bond acceptors (Lipinski definition) is 3. The van der Waals surface area contributed by atoms with Gasteiger partial charge < -0.3 is 10.1 Å². The maximum Gasteiger partial charge on any atom is 0.132 e. The van der Waals surface area contributed by atoms with Crippen molar-refractivity contribution in [3.05, 3.63) is 53.3 Å². The van der Waals surface area contributed by atoms with Gasteiger partial charge in [-0.3, -0.25) is 0 Å². The van der Waals surface area contributed by atoms with Crippen LogP contribution in [0.3, 0.4) is 0 Å². The lowest BCUT2D eigenvalue weighted by Gasteiger charge is -2.17. The number of nitrogens with one attached hydrogen (secondary N) is 1. The molecule has 0 aliphatic rings. The van der Waals surface area contributed by atoms with E-state index in [4.69, 9.17) is 4.74 Å². The molecular formula is C17H20FNOS. The summed E-state index contributed by atoms with van der Waals surface area (Å²) in [4.78, 5) is 2.07. The topological polar surface area (TPSA) is 21.3 Å². The van der Waals surface area contributed by atoms with Gasteiger partial charge in [-0.25, -0.2) is 4.39 Å². The van der Waals surface area contributed by atoms with Crippen LogP contribution in [0.25, 0.3) is 0 Å². The molecule has 2 nitrogen and oxygen atoms in total. The second kappa shape index (κ2) is 6.96. The van der Waals surface area contributed by atoms with Crippen molar-refractivity contribution in [2.24, 2.45) is 0 Å². The number of halogens is 1. The van der Waals surface area contributed by atoms with Crippen LogP contribution in [-0.4, -0.2) is 14.2 Å². The zero-order chi connectivity index (χ0) is 15.4. The largest absolute Gasteiger partial charge is 0.496 e. The molecule has 0 radical (unpaired) electrons. The van der Waals surface area contributed by atoms with Crippen LogP contribution in [0.15, 0.2) is 46.2 Å². The molecule has 0 aliphatic heterocycles. The predicted octanol–water partition coefficient (Wildman–Crippen LogP) is 4.57. The summed E-state index contributed by atoms with van der Waals surface area (Å²) < 4.78 is 19.3. The average molecular weight is 305 g/mol. The highest BCUT2D eigenvalue weighted by atomic mass is 32.2. The van der Waals surface area contributed by atoms with E-state index in [1.165, 1.54) is 0 Å². The molecule has 0 bridgehead atoms. The third-order valence-corrected chi connectivity index (χ3v) is 4.61. The van der Waals surface area contributed by atoms with E-state index in [0.717, 1.165) is 21.1 Å². The highest BCUT2D eigenvalue weighted by molar-refractivity contribution is 7.99. The van der Waals surface area contributed by atoms with Crippen molar-refractivity contribution in [2.75, 3.05) is 14.2 Å². The predicted molar refractivity (Wildman–Crippen MR) is 85.7 cm³/mol. The Morgan fingerprint density at radius 1 is 1.19 bits per heavy atom. The van der Waals surface area contributed by atoms with E-state index in [9.17, 15) is 4.39 Å². The van der Waals surface area contributed by atoms with E-state index < -0.39 is 0 Å². The third kappa shape index (κ3) is 3.57. The summed E-state index contributed by atoms with van der Waals surface area (Å²) in [7, 11) is 3.53. The van der Waals surface area contributed by atoms with Gasteiger partial charge in [-0.2, -0.15) is 0 Å². The minimum absolute atomic E-state index is 0.0808. The molecule has 0 aromatic heterocycles. The molecule has 0 saturated heterocycles. The standard InChI is InChI=1S/C17H20FNOS/c1-11-9-17(13(10-14(11)18)12(2)19-3)21-16-8-6-5-7-15(16)20-4/h5-10,12,19H,1-4H3. The van der Waals surface area contributed by atoms with Crippen molar-refractivity contribution in [1.29, 1.82) is 0 Å². The number of ether oxygens (including phenoxy) is 1. The van der Waals surface area contributed by atoms with Gasteiger partial charge in [-0.05, 0) is 56.3 Å². The van der Waals surface area contributed by atoms with Crippen molar-refractivity contribution in [3.63, 3.8) is 0 Å². The Kier molecular flexibility index (Phi) is 5.26. The van der Waals surface area contributed by atoms with E-state index in [2.05, 4.69) is 5.32 Å². The molecule has 2 aromatic carbocycles. The lowest BCUT2D eigenvalue weighted by atomic mass is 10.1. The van der Waals surface area contributed by atoms with Crippen molar-refractivity contribution in [3.8, 4) is 5.75 Å². The Labute approximate surface area is 129 Å². The molecule has 0 heterocycles. The van der Waals surface area contributed by atoms with Gasteiger partial charge in [0.05, 0.1) is 12.0 Å². The number of hydrogen-bond donors (Lipinski definition) is 1. The maximum absolute atomic E-state index is 13.9. The molecule has 112 valence electrons. The summed E-state index contributed by atoms with van der Waals surface area (Å²) >= 11 is 1.60. The van der Waals surface area contributed by atoms with Crippen LogP contribution in [-0.2, 0) is 0 Å². The number of benzene rings is 2. The summed E-state index contributed by atoms with van der Waals surface area (Å²) in [6, 6.07) is 11.5. The molecule has 0 saturated carbocycles. The molecule has 1 atom stereocenters. The average Bonchev–Trinajstić information content (AvgIpc) is 2.50. The zero-order valence-electron chi connectivity index (χ0n) is 12.7. The van der Waals surface area contributed by atoms with Crippen molar-refractivity contribution in [1.82, 2.24) is 5.32 Å². The summed E-state index contributed by atoms with van der Waals surface area (Å²) in [5.41, 5.74) is 1.61. The van der Waals surface area contributed by atoms with Crippen LogP contribution in [0.4, 0.5) is 4.39 Å². The molecule has 1 unspecified atom stereocenters. The molecule has 2 rings (SSSR count). The Hall–Kier alpha value is -1.52. The van der Waals surface area contributed by atoms with Crippen molar-refractivity contribution < 1.29 is 9.13 Å². The molecule has 0 spiro atoms. The second-order valence-corrected chi connectivity index (χ2v) is 5.99. The second-order valence-electron chi connectivity index (χ2n) is 4.90. The van der Waals surface area contributed by atoms with Gasteiger partial charge in [-0.15, -0.1) is 0 Å². The van der Waals surface area contributed by atoms with Gasteiger partial charge in [0.25, 0.3) is 0 Å². The smallest absolute Gasteiger partial charge is 0.132 e. The maximum atomic E-state index is 13.9. The van der Waals surface area contributed by atoms with Gasteiger partial charge in [0.1, 0.15) is 11.6 Å². The Morgan fingerprint density at radius 2 is 1.90 bits per heavy atom. The monoisotopic (exact) mass is 305 g/mol. The van der Waals surface area contributed by atoms with E-state index >= 15 is 0 Å². The first-order valence-electron chi connectivity index (χ1n) is 6.85. The van der Waals surface area contributed by atoms with Crippen LogP contribution in [0.5, 0.6) is 5.75 Å². The lowest BCUT2D eigenvalue weighted by molar-refractivity contribution is 0.405. The number of rotatable bonds is 5. The van der Waals surface area contributed by atoms with Gasteiger partial charge in [0.15, 0.2) is 0 Å². The Balaban J connectivity index is 2.45. The Bertz CT molecular complexity index is 630. The lowest BCUT2D eigenvalue weighted by Crippen LogP contribution is -2.13. The fourth-order valence-electron chi connectivity index (χ4n) is 2.07. The molecule has 2 aromatic rings.